The molecule has 0 bridgehead atoms. The molecule has 4 rings (SSSR count). The topological polar surface area (TPSA) is 88.8 Å². The normalized spacial score (nSPS) is 12.0. The number of carboxylic acid groups (broad SMARTS) is 1. The van der Waals surface area contributed by atoms with Gasteiger partial charge in [0.05, 0.1) is 18.5 Å². The van der Waals surface area contributed by atoms with Crippen molar-refractivity contribution in [2.45, 2.75) is 6.10 Å². The highest BCUT2D eigenvalue weighted by Crippen LogP contribution is 2.30. The number of aliphatic carboxylic acids is 1. The number of carboxylic acids is 1. The lowest BCUT2D eigenvalue weighted by atomic mass is 10.1. The van der Waals surface area contributed by atoms with Gasteiger partial charge >= 0.3 is 5.63 Å². The maximum absolute atomic E-state index is 12.4. The quantitative estimate of drug-likeness (QED) is 0.394. The first-order valence-electron chi connectivity index (χ1n) is 8.54. The van der Waals surface area contributed by atoms with Crippen molar-refractivity contribution in [1.82, 2.24) is 0 Å². The van der Waals surface area contributed by atoms with Crippen molar-refractivity contribution >= 4 is 27.7 Å². The molecule has 0 spiro atoms. The first kappa shape index (κ1) is 17.6. The molecule has 0 aliphatic carbocycles. The molecule has 3 aromatic carbocycles. The Bertz CT molecular complexity index is 1230. The molecule has 0 saturated carbocycles. The van der Waals surface area contributed by atoms with Gasteiger partial charge in [-0.05, 0) is 35.9 Å². The predicted octanol–water partition coefficient (Wildman–Crippen LogP) is 2.82. The molecule has 0 radical (unpaired) electrons. The summed E-state index contributed by atoms with van der Waals surface area (Å²) in [5.74, 6) is -0.557. The van der Waals surface area contributed by atoms with Gasteiger partial charge in [-0.2, -0.15) is 0 Å². The number of ether oxygens (including phenoxy) is 2. The largest absolute Gasteiger partial charge is 0.546 e. The lowest BCUT2D eigenvalue weighted by molar-refractivity contribution is -0.314. The molecule has 0 aliphatic rings. The standard InChI is InChI=1S/C22H16O6/c1-26-14-7-9-16-17-10-8-15(12-19(17)28-22(25)18(16)11-14)27-20(21(23)24)13-5-3-2-4-6-13/h2-12,20H,1H3,(H,23,24)/p-1/t20-/m0/s1. The maximum atomic E-state index is 12.4. The van der Waals surface area contributed by atoms with E-state index >= 15 is 0 Å². The average Bonchev–Trinajstić information content (AvgIpc) is 2.72. The van der Waals surface area contributed by atoms with E-state index in [1.54, 1.807) is 60.7 Å². The maximum Gasteiger partial charge on any atom is 0.344 e. The van der Waals surface area contributed by atoms with Gasteiger partial charge in [0.25, 0.3) is 0 Å². The number of carbonyl (C=O) groups is 1. The van der Waals surface area contributed by atoms with E-state index in [1.807, 2.05) is 0 Å². The average molecular weight is 375 g/mol. The summed E-state index contributed by atoms with van der Waals surface area (Å²) in [7, 11) is 1.52. The molecule has 0 amide bonds. The summed E-state index contributed by atoms with van der Waals surface area (Å²) in [6.07, 6.45) is -1.28. The van der Waals surface area contributed by atoms with Crippen LogP contribution in [0, 0.1) is 0 Å². The zero-order chi connectivity index (χ0) is 19.7. The third kappa shape index (κ3) is 3.16. The summed E-state index contributed by atoms with van der Waals surface area (Å²) in [4.78, 5) is 23.9. The van der Waals surface area contributed by atoms with E-state index in [-0.39, 0.29) is 5.75 Å². The fourth-order valence-corrected chi connectivity index (χ4v) is 3.11. The Balaban J connectivity index is 1.78. The van der Waals surface area contributed by atoms with E-state index < -0.39 is 17.7 Å². The van der Waals surface area contributed by atoms with Crippen molar-refractivity contribution in [3.63, 3.8) is 0 Å². The first-order chi connectivity index (χ1) is 13.6. The third-order valence-corrected chi connectivity index (χ3v) is 4.46. The van der Waals surface area contributed by atoms with Crippen molar-refractivity contribution in [2.75, 3.05) is 7.11 Å². The number of hydrogen-bond donors (Lipinski definition) is 0. The summed E-state index contributed by atoms with van der Waals surface area (Å²) >= 11 is 0. The van der Waals surface area contributed by atoms with Crippen LogP contribution in [0.2, 0.25) is 0 Å². The van der Waals surface area contributed by atoms with Crippen LogP contribution >= 0.6 is 0 Å². The highest BCUT2D eigenvalue weighted by atomic mass is 16.5. The van der Waals surface area contributed by atoms with Crippen LogP contribution in [0.4, 0.5) is 0 Å². The van der Waals surface area contributed by atoms with Gasteiger partial charge < -0.3 is 23.8 Å². The summed E-state index contributed by atoms with van der Waals surface area (Å²) < 4.78 is 16.2. The van der Waals surface area contributed by atoms with Gasteiger partial charge in [-0.1, -0.05) is 30.3 Å². The van der Waals surface area contributed by atoms with Gasteiger partial charge in [-0.15, -0.1) is 0 Å². The van der Waals surface area contributed by atoms with Gasteiger partial charge in [0, 0.05) is 16.8 Å². The van der Waals surface area contributed by atoms with Crippen LogP contribution in [0.5, 0.6) is 11.5 Å². The number of methoxy groups -OCH3 is 1. The molecule has 4 aromatic rings. The van der Waals surface area contributed by atoms with Crippen LogP contribution < -0.4 is 20.2 Å². The lowest BCUT2D eigenvalue weighted by Crippen LogP contribution is -2.33. The van der Waals surface area contributed by atoms with Gasteiger partial charge in [0.15, 0.2) is 6.10 Å². The summed E-state index contributed by atoms with van der Waals surface area (Å²) in [5.41, 5.74) is 0.234. The zero-order valence-electron chi connectivity index (χ0n) is 14.9. The second kappa shape index (κ2) is 7.08. The van der Waals surface area contributed by atoms with Gasteiger partial charge in [0.1, 0.15) is 17.1 Å². The zero-order valence-corrected chi connectivity index (χ0v) is 14.9. The minimum atomic E-state index is -1.36. The Labute approximate surface area is 159 Å². The van der Waals surface area contributed by atoms with Crippen LogP contribution in [0.25, 0.3) is 21.7 Å². The van der Waals surface area contributed by atoms with E-state index in [9.17, 15) is 14.7 Å². The van der Waals surface area contributed by atoms with Crippen molar-refractivity contribution in [3.05, 3.63) is 82.7 Å². The van der Waals surface area contributed by atoms with Gasteiger partial charge in [-0.25, -0.2) is 4.79 Å². The minimum Gasteiger partial charge on any atom is -0.546 e. The number of hydrogen-bond acceptors (Lipinski definition) is 6. The van der Waals surface area contributed by atoms with Crippen molar-refractivity contribution in [1.29, 1.82) is 0 Å². The van der Waals surface area contributed by atoms with Gasteiger partial charge in [-0.3, -0.25) is 0 Å². The molecule has 6 heteroatoms. The third-order valence-electron chi connectivity index (χ3n) is 4.46. The molecular formula is C22H15O6-. The second-order valence-electron chi connectivity index (χ2n) is 6.19. The Morgan fingerprint density at radius 1 is 0.929 bits per heavy atom. The van der Waals surface area contributed by atoms with Crippen LogP contribution in [0.15, 0.2) is 75.9 Å². The predicted molar refractivity (Wildman–Crippen MR) is 101 cm³/mol. The highest BCUT2D eigenvalue weighted by Gasteiger charge is 2.16. The van der Waals surface area contributed by atoms with Crippen molar-refractivity contribution < 1.29 is 23.8 Å². The van der Waals surface area contributed by atoms with Crippen LogP contribution in [0.3, 0.4) is 0 Å². The number of benzene rings is 3. The van der Waals surface area contributed by atoms with Gasteiger partial charge in [0.2, 0.25) is 0 Å². The molecule has 0 N–H and O–H groups in total. The molecule has 1 atom stereocenters. The SMILES string of the molecule is COc1ccc2c(c1)c(=O)oc1cc(O[C@H](C(=O)[O-])c3ccccc3)ccc12. The molecule has 1 aromatic heterocycles. The Morgan fingerprint density at radius 3 is 2.36 bits per heavy atom. The molecule has 1 heterocycles. The Morgan fingerprint density at radius 2 is 1.64 bits per heavy atom. The van der Waals surface area contributed by atoms with E-state index in [4.69, 9.17) is 13.9 Å². The van der Waals surface area contributed by atoms with Crippen molar-refractivity contribution in [2.24, 2.45) is 0 Å². The summed E-state index contributed by atoms with van der Waals surface area (Å²) in [6, 6.07) is 18.5. The van der Waals surface area contributed by atoms with E-state index in [1.165, 1.54) is 13.2 Å². The smallest absolute Gasteiger partial charge is 0.344 e. The second-order valence-corrected chi connectivity index (χ2v) is 6.19. The fraction of sp³-hybridized carbons (Fsp3) is 0.0909. The lowest BCUT2D eigenvalue weighted by Gasteiger charge is -2.20. The molecule has 0 fully saturated rings. The van der Waals surface area contributed by atoms with E-state index in [0.717, 1.165) is 0 Å². The number of carbonyl (C=O) groups excluding carboxylic acids is 1. The Kier molecular flexibility index (Phi) is 4.45. The number of fused-ring (bicyclic) bond motifs is 3. The minimum absolute atomic E-state index is 0.251. The molecule has 0 unspecified atom stereocenters. The summed E-state index contributed by atoms with van der Waals surface area (Å²) in [5, 5.41) is 13.3. The fourth-order valence-electron chi connectivity index (χ4n) is 3.11. The molecule has 6 nitrogen and oxygen atoms in total. The molecule has 0 saturated heterocycles. The highest BCUT2D eigenvalue weighted by molar-refractivity contribution is 6.04. The van der Waals surface area contributed by atoms with E-state index in [0.29, 0.717) is 33.1 Å². The van der Waals surface area contributed by atoms with E-state index in [2.05, 4.69) is 0 Å². The Hall–Kier alpha value is -3.80. The van der Waals surface area contributed by atoms with Crippen LogP contribution in [-0.2, 0) is 4.79 Å². The van der Waals surface area contributed by atoms with Crippen LogP contribution in [-0.4, -0.2) is 13.1 Å². The first-order valence-corrected chi connectivity index (χ1v) is 8.54. The number of rotatable bonds is 5. The molecule has 140 valence electrons. The molecular weight excluding hydrogens is 360 g/mol. The van der Waals surface area contributed by atoms with Crippen LogP contribution in [0.1, 0.15) is 11.7 Å². The van der Waals surface area contributed by atoms with Crippen molar-refractivity contribution in [3.8, 4) is 11.5 Å². The molecule has 28 heavy (non-hydrogen) atoms. The summed E-state index contributed by atoms with van der Waals surface area (Å²) in [6.45, 7) is 0. The molecule has 0 aliphatic heterocycles. The monoisotopic (exact) mass is 375 g/mol.